The van der Waals surface area contributed by atoms with Crippen LogP contribution in [0.25, 0.3) is 5.57 Å². The third kappa shape index (κ3) is 1.26. The number of aryl methyl sites for hydroxylation is 1. The summed E-state index contributed by atoms with van der Waals surface area (Å²) in [6.45, 7) is 3.46. The molecule has 0 heterocycles. The van der Waals surface area contributed by atoms with E-state index < -0.39 is 5.92 Å². The van der Waals surface area contributed by atoms with Crippen molar-refractivity contribution in [1.29, 1.82) is 0 Å². The lowest BCUT2D eigenvalue weighted by molar-refractivity contribution is 0.0544. The topological polar surface area (TPSA) is 0 Å². The van der Waals surface area contributed by atoms with Crippen LogP contribution in [0, 0.1) is 0 Å². The van der Waals surface area contributed by atoms with Crippen molar-refractivity contribution in [2.45, 2.75) is 18.8 Å². The van der Waals surface area contributed by atoms with Crippen molar-refractivity contribution in [3.05, 3.63) is 42.0 Å². The summed E-state index contributed by atoms with van der Waals surface area (Å²) < 4.78 is 26.4. The zero-order chi connectivity index (χ0) is 9.47. The van der Waals surface area contributed by atoms with Gasteiger partial charge in [-0.25, -0.2) is 8.78 Å². The summed E-state index contributed by atoms with van der Waals surface area (Å²) in [5.41, 5.74) is 1.58. The summed E-state index contributed by atoms with van der Waals surface area (Å²) in [4.78, 5) is 0. The lowest BCUT2D eigenvalue weighted by Crippen LogP contribution is -2.23. The number of hydrogen-bond acceptors (Lipinski definition) is 0. The normalized spacial score (nSPS) is 19.7. The van der Waals surface area contributed by atoms with Crippen LogP contribution >= 0.6 is 0 Å². The van der Waals surface area contributed by atoms with Gasteiger partial charge in [0.1, 0.15) is 0 Å². The maximum atomic E-state index is 13.2. The Bertz CT molecular complexity index is 353. The van der Waals surface area contributed by atoms with Crippen LogP contribution in [0.5, 0.6) is 0 Å². The summed E-state index contributed by atoms with van der Waals surface area (Å²) in [6.07, 6.45) is 0.338. The molecule has 0 aliphatic heterocycles. The van der Waals surface area contributed by atoms with Crippen LogP contribution in [0.2, 0.25) is 0 Å². The Hall–Kier alpha value is -1.18. The van der Waals surface area contributed by atoms with Crippen molar-refractivity contribution in [2.75, 3.05) is 0 Å². The van der Waals surface area contributed by atoms with Gasteiger partial charge in [-0.05, 0) is 17.5 Å². The summed E-state index contributed by atoms with van der Waals surface area (Å²) in [5.74, 6) is -2.71. The fraction of sp³-hybridized carbons (Fsp3) is 0.273. The van der Waals surface area contributed by atoms with Crippen LogP contribution in [0.15, 0.2) is 30.8 Å². The van der Waals surface area contributed by atoms with E-state index in [1.165, 1.54) is 0 Å². The fourth-order valence-corrected chi connectivity index (χ4v) is 1.67. The molecule has 1 aliphatic rings. The second kappa shape index (κ2) is 2.66. The molecular weight excluding hydrogens is 170 g/mol. The van der Waals surface area contributed by atoms with Crippen LogP contribution < -0.4 is 0 Å². The van der Waals surface area contributed by atoms with E-state index in [-0.39, 0.29) is 12.0 Å². The summed E-state index contributed by atoms with van der Waals surface area (Å²) in [5, 5.41) is 0. The maximum absolute atomic E-state index is 13.2. The number of allylic oxidation sites excluding steroid dienone is 1. The van der Waals surface area contributed by atoms with E-state index in [0.717, 1.165) is 5.56 Å². The van der Waals surface area contributed by atoms with E-state index >= 15 is 0 Å². The van der Waals surface area contributed by atoms with Gasteiger partial charge >= 0.3 is 0 Å². The van der Waals surface area contributed by atoms with E-state index in [0.29, 0.717) is 12.0 Å². The van der Waals surface area contributed by atoms with Crippen molar-refractivity contribution < 1.29 is 8.78 Å². The monoisotopic (exact) mass is 180 g/mol. The predicted molar refractivity (Wildman–Crippen MR) is 48.7 cm³/mol. The Balaban J connectivity index is 2.52. The van der Waals surface area contributed by atoms with Crippen molar-refractivity contribution in [3.8, 4) is 0 Å². The number of fused-ring (bicyclic) bond motifs is 1. The van der Waals surface area contributed by atoms with Crippen molar-refractivity contribution in [2.24, 2.45) is 0 Å². The van der Waals surface area contributed by atoms with Gasteiger partial charge in [0, 0.05) is 12.0 Å². The molecule has 0 bridgehead atoms. The Morgan fingerprint density at radius 2 is 1.92 bits per heavy atom. The molecule has 0 fully saturated rings. The molecule has 2 rings (SSSR count). The van der Waals surface area contributed by atoms with E-state index in [4.69, 9.17) is 0 Å². The number of hydrogen-bond donors (Lipinski definition) is 0. The third-order valence-electron chi connectivity index (χ3n) is 2.49. The molecule has 13 heavy (non-hydrogen) atoms. The van der Waals surface area contributed by atoms with Crippen LogP contribution in [-0.2, 0) is 6.42 Å². The first-order valence-electron chi connectivity index (χ1n) is 4.27. The highest BCUT2D eigenvalue weighted by Crippen LogP contribution is 2.40. The van der Waals surface area contributed by atoms with Crippen LogP contribution in [0.1, 0.15) is 17.5 Å². The molecular formula is C11H10F2. The second-order valence-electron chi connectivity index (χ2n) is 3.34. The first kappa shape index (κ1) is 8.42. The molecule has 1 aromatic carbocycles. The minimum atomic E-state index is -2.71. The average molecular weight is 180 g/mol. The van der Waals surface area contributed by atoms with Crippen molar-refractivity contribution in [3.63, 3.8) is 0 Å². The van der Waals surface area contributed by atoms with Crippen molar-refractivity contribution >= 4 is 5.57 Å². The molecule has 1 aromatic rings. The van der Waals surface area contributed by atoms with Gasteiger partial charge in [0.15, 0.2) is 0 Å². The number of halogens is 2. The van der Waals surface area contributed by atoms with Gasteiger partial charge in [0.25, 0.3) is 5.92 Å². The van der Waals surface area contributed by atoms with Gasteiger partial charge in [-0.15, -0.1) is 0 Å². The van der Waals surface area contributed by atoms with Gasteiger partial charge in [-0.1, -0.05) is 30.8 Å². The number of rotatable bonds is 0. The van der Waals surface area contributed by atoms with Gasteiger partial charge in [-0.2, -0.15) is 0 Å². The molecule has 0 amide bonds. The van der Waals surface area contributed by atoms with Crippen LogP contribution in [0.4, 0.5) is 8.78 Å². The lowest BCUT2D eigenvalue weighted by Gasteiger charge is -2.26. The molecule has 0 unspecified atom stereocenters. The van der Waals surface area contributed by atoms with E-state index in [1.54, 1.807) is 12.1 Å². The van der Waals surface area contributed by atoms with Crippen molar-refractivity contribution in [1.82, 2.24) is 0 Å². The highest BCUT2D eigenvalue weighted by Gasteiger charge is 2.37. The summed E-state index contributed by atoms with van der Waals surface area (Å²) in [7, 11) is 0. The smallest absolute Gasteiger partial charge is 0.201 e. The molecule has 0 saturated heterocycles. The molecule has 0 N–H and O–H groups in total. The Labute approximate surface area is 75.9 Å². The molecule has 0 atom stereocenters. The zero-order valence-electron chi connectivity index (χ0n) is 7.19. The minimum absolute atomic E-state index is 0.0330. The Kier molecular flexibility index (Phi) is 1.72. The number of alkyl halides is 2. The van der Waals surface area contributed by atoms with Crippen LogP contribution in [-0.4, -0.2) is 5.92 Å². The van der Waals surface area contributed by atoms with Gasteiger partial charge in [-0.3, -0.25) is 0 Å². The molecule has 1 aliphatic carbocycles. The first-order valence-corrected chi connectivity index (χ1v) is 4.27. The van der Waals surface area contributed by atoms with E-state index in [9.17, 15) is 8.78 Å². The van der Waals surface area contributed by atoms with Gasteiger partial charge in [0.2, 0.25) is 0 Å². The standard InChI is InChI=1S/C11H10F2/c1-8-10-5-3-2-4-9(10)6-7-11(8,12)13/h2-5H,1,6-7H2. The molecule has 68 valence electrons. The summed E-state index contributed by atoms with van der Waals surface area (Å²) in [6, 6.07) is 7.24. The number of benzene rings is 1. The highest BCUT2D eigenvalue weighted by molar-refractivity contribution is 5.72. The quantitative estimate of drug-likeness (QED) is 0.574. The Morgan fingerprint density at radius 1 is 1.23 bits per heavy atom. The SMILES string of the molecule is C=C1c2ccccc2CCC1(F)F. The second-order valence-corrected chi connectivity index (χ2v) is 3.34. The Morgan fingerprint density at radius 3 is 2.69 bits per heavy atom. The van der Waals surface area contributed by atoms with Gasteiger partial charge < -0.3 is 0 Å². The zero-order valence-corrected chi connectivity index (χ0v) is 7.19. The third-order valence-corrected chi connectivity index (χ3v) is 2.49. The molecule has 0 saturated carbocycles. The maximum Gasteiger partial charge on any atom is 0.273 e. The first-order chi connectivity index (χ1) is 6.11. The van der Waals surface area contributed by atoms with E-state index in [1.807, 2.05) is 12.1 Å². The molecule has 0 nitrogen and oxygen atoms in total. The van der Waals surface area contributed by atoms with Gasteiger partial charge in [0.05, 0.1) is 0 Å². The lowest BCUT2D eigenvalue weighted by atomic mass is 9.86. The molecule has 0 spiro atoms. The largest absolute Gasteiger partial charge is 0.273 e. The predicted octanol–water partition coefficient (Wildman–Crippen LogP) is 3.28. The molecule has 2 heteroatoms. The van der Waals surface area contributed by atoms with Crippen LogP contribution in [0.3, 0.4) is 0 Å². The molecule has 0 radical (unpaired) electrons. The molecule has 0 aromatic heterocycles. The highest BCUT2D eigenvalue weighted by atomic mass is 19.3. The fourth-order valence-electron chi connectivity index (χ4n) is 1.67. The minimum Gasteiger partial charge on any atom is -0.201 e. The van der Waals surface area contributed by atoms with E-state index in [2.05, 4.69) is 6.58 Å². The summed E-state index contributed by atoms with van der Waals surface area (Å²) >= 11 is 0. The average Bonchev–Trinajstić information content (AvgIpc) is 2.13.